The maximum atomic E-state index is 5.23. The molecule has 0 rings (SSSR count). The van der Waals surface area contributed by atoms with Crippen LogP contribution in [0.3, 0.4) is 0 Å². The second-order valence-electron chi connectivity index (χ2n) is 1.04. The van der Waals surface area contributed by atoms with Gasteiger partial charge < -0.3 is 0 Å². The Morgan fingerprint density at radius 2 is 1.44 bits per heavy atom. The number of rotatable bonds is 2. The Labute approximate surface area is 81.6 Å². The monoisotopic (exact) mass is 386 g/mol. The standard InChI is InChI=1S/2CH3NS2.Hg/c2*2-1(3)4;/h2*(H3,2,3,4);/q;;+2/p-2. The Bertz CT molecular complexity index is 112. The zero-order valence-electron chi connectivity index (χ0n) is 4.49. The van der Waals surface area contributed by atoms with Gasteiger partial charge in [-0.1, -0.05) is 0 Å². The van der Waals surface area contributed by atoms with E-state index in [4.69, 9.17) is 11.5 Å². The number of thiocarbonyl (C=S) groups is 2. The van der Waals surface area contributed by atoms with Gasteiger partial charge in [-0.2, -0.15) is 0 Å². The van der Waals surface area contributed by atoms with Gasteiger partial charge in [0.05, 0.1) is 0 Å². The van der Waals surface area contributed by atoms with Gasteiger partial charge >= 0.3 is 82.6 Å². The zero-order chi connectivity index (χ0) is 7.28. The fourth-order valence-electron chi connectivity index (χ4n) is 0.146. The van der Waals surface area contributed by atoms with E-state index in [9.17, 15) is 0 Å². The molecule has 0 aromatic carbocycles. The van der Waals surface area contributed by atoms with Crippen molar-refractivity contribution in [3.8, 4) is 0 Å². The topological polar surface area (TPSA) is 52.0 Å². The molecule has 9 heavy (non-hydrogen) atoms. The van der Waals surface area contributed by atoms with Crippen molar-refractivity contribution < 1.29 is 21.5 Å². The van der Waals surface area contributed by atoms with Crippen molar-refractivity contribution in [3.63, 3.8) is 0 Å². The summed E-state index contributed by atoms with van der Waals surface area (Å²) < 4.78 is 1.06. The third-order valence-electron chi connectivity index (χ3n) is 0.402. The summed E-state index contributed by atoms with van der Waals surface area (Å²) in [7, 11) is 3.17. The summed E-state index contributed by atoms with van der Waals surface area (Å²) in [6.07, 6.45) is 0. The van der Waals surface area contributed by atoms with Crippen LogP contribution in [0.25, 0.3) is 0 Å². The Hall–Kier alpha value is 1.42. The van der Waals surface area contributed by atoms with E-state index in [2.05, 4.69) is 24.4 Å². The molecule has 7 heteroatoms. The summed E-state index contributed by atoms with van der Waals surface area (Å²) in [5, 5.41) is 0. The van der Waals surface area contributed by atoms with Gasteiger partial charge in [-0.3, -0.25) is 0 Å². The fourth-order valence-corrected chi connectivity index (χ4v) is 19.1. The third-order valence-corrected chi connectivity index (χ3v) is 23.0. The average Bonchev–Trinajstić information content (AvgIpc) is 1.63. The van der Waals surface area contributed by atoms with Crippen molar-refractivity contribution >= 4 is 49.6 Å². The van der Waals surface area contributed by atoms with Crippen LogP contribution in [-0.4, -0.2) is 8.64 Å². The predicted molar refractivity (Wildman–Crippen MR) is 48.8 cm³/mol. The summed E-state index contributed by atoms with van der Waals surface area (Å²) in [5.41, 5.74) is 10.5. The predicted octanol–water partition coefficient (Wildman–Crippen LogP) is 0.853. The van der Waals surface area contributed by atoms with Gasteiger partial charge in [-0.05, 0) is 0 Å². The van der Waals surface area contributed by atoms with Crippen molar-refractivity contribution in [1.82, 2.24) is 0 Å². The maximum absolute atomic E-state index is 5.23. The molecule has 0 aromatic rings. The van der Waals surface area contributed by atoms with Gasteiger partial charge in [0.15, 0.2) is 0 Å². The van der Waals surface area contributed by atoms with Crippen LogP contribution < -0.4 is 11.5 Å². The van der Waals surface area contributed by atoms with E-state index < -0.39 is 21.5 Å². The van der Waals surface area contributed by atoms with E-state index >= 15 is 0 Å². The van der Waals surface area contributed by atoms with Crippen LogP contribution >= 0.6 is 40.9 Å². The molecule has 0 aliphatic rings. The summed E-state index contributed by atoms with van der Waals surface area (Å²) in [6.45, 7) is 0. The summed E-state index contributed by atoms with van der Waals surface area (Å²) >= 11 is 8.25. The molecule has 0 aromatic heterocycles. The van der Waals surface area contributed by atoms with Crippen LogP contribution in [0, 0.1) is 0 Å². The Morgan fingerprint density at radius 3 is 1.67 bits per heavy atom. The van der Waals surface area contributed by atoms with Crippen LogP contribution in [0.5, 0.6) is 0 Å². The summed E-state index contributed by atoms with van der Waals surface area (Å²) in [4.78, 5) is 0. The van der Waals surface area contributed by atoms with E-state index in [1.54, 1.807) is 16.5 Å². The molecule has 0 bridgehead atoms. The van der Waals surface area contributed by atoms with Gasteiger partial charge in [-0.25, -0.2) is 0 Å². The normalized spacial score (nSPS) is 8.00. The molecular weight excluding hydrogens is 381 g/mol. The quantitative estimate of drug-likeness (QED) is 0.544. The summed E-state index contributed by atoms with van der Waals surface area (Å²) in [6, 6.07) is 0. The first kappa shape index (κ1) is 10.4. The van der Waals surface area contributed by atoms with E-state index in [1.165, 1.54) is 0 Å². The van der Waals surface area contributed by atoms with Crippen LogP contribution in [0.2, 0.25) is 0 Å². The van der Waals surface area contributed by atoms with Gasteiger partial charge in [0, 0.05) is 0 Å². The Balaban J connectivity index is 3.10. The molecule has 0 aliphatic carbocycles. The van der Waals surface area contributed by atoms with Crippen LogP contribution in [-0.2, 0) is 21.5 Å². The first-order valence-corrected chi connectivity index (χ1v) is 18.2. The minimum absolute atomic E-state index is 0.528. The van der Waals surface area contributed by atoms with Crippen molar-refractivity contribution in [3.05, 3.63) is 0 Å². The number of hydrogen-bond donors (Lipinski definition) is 2. The van der Waals surface area contributed by atoms with Crippen molar-refractivity contribution in [1.29, 1.82) is 0 Å². The fraction of sp³-hybridized carbons (Fsp3) is 0. The number of hydrogen-bond acceptors (Lipinski definition) is 4. The van der Waals surface area contributed by atoms with Crippen molar-refractivity contribution in [2.75, 3.05) is 0 Å². The van der Waals surface area contributed by atoms with Crippen LogP contribution in [0.1, 0.15) is 0 Å². The number of nitrogens with two attached hydrogens (primary N) is 2. The first-order valence-electron chi connectivity index (χ1n) is 1.97. The van der Waals surface area contributed by atoms with E-state index in [0.717, 1.165) is 0 Å². The van der Waals surface area contributed by atoms with Crippen LogP contribution in [0.4, 0.5) is 0 Å². The molecule has 0 heterocycles. The SMILES string of the molecule is NC(=S)[S][Hg][S]C(N)=S. The van der Waals surface area contributed by atoms with Gasteiger partial charge in [0.2, 0.25) is 0 Å². The molecule has 0 aliphatic heterocycles. The van der Waals surface area contributed by atoms with Gasteiger partial charge in [0.25, 0.3) is 0 Å². The summed E-state index contributed by atoms with van der Waals surface area (Å²) in [5.74, 6) is 0. The Kier molecular flexibility index (Phi) is 7.11. The first-order chi connectivity index (χ1) is 4.13. The van der Waals surface area contributed by atoms with E-state index in [-0.39, 0.29) is 0 Å². The molecule has 0 spiro atoms. The third kappa shape index (κ3) is 9.42. The molecule has 0 saturated carbocycles. The molecule has 0 unspecified atom stereocenters. The molecule has 0 amide bonds. The zero-order valence-corrected chi connectivity index (χ0v) is 13.3. The molecule has 0 saturated heterocycles. The average molecular weight is 385 g/mol. The van der Waals surface area contributed by atoms with Crippen molar-refractivity contribution in [2.24, 2.45) is 11.5 Å². The second kappa shape index (κ2) is 6.15. The molecule has 4 N–H and O–H groups in total. The molecule has 48 valence electrons. The second-order valence-corrected chi connectivity index (χ2v) is 19.8. The molecule has 0 atom stereocenters. The van der Waals surface area contributed by atoms with Gasteiger partial charge in [-0.15, -0.1) is 0 Å². The Morgan fingerprint density at radius 1 is 1.11 bits per heavy atom. The van der Waals surface area contributed by atoms with E-state index in [0.29, 0.717) is 8.64 Å². The molecule has 2 nitrogen and oxygen atoms in total. The molecule has 0 radical (unpaired) electrons. The van der Waals surface area contributed by atoms with Gasteiger partial charge in [0.1, 0.15) is 0 Å². The minimum atomic E-state index is -1.04. The van der Waals surface area contributed by atoms with E-state index in [1.807, 2.05) is 0 Å². The van der Waals surface area contributed by atoms with Crippen molar-refractivity contribution in [2.45, 2.75) is 0 Å². The molecular formula is C2H4HgN2S4. The molecule has 0 fully saturated rings. The van der Waals surface area contributed by atoms with Crippen LogP contribution in [0.15, 0.2) is 0 Å².